The van der Waals surface area contributed by atoms with Gasteiger partial charge in [-0.2, -0.15) is 0 Å². The standard InChI is InChI=1S/C14H21N3O5/c1-8(2)10(13(19)20)17-12(18)11(9(3)15-14(17)21)16-4-6-22-7-5-16/h8,10H,4-7H2,1-3H3,(H,15,21)(H,19,20). The van der Waals surface area contributed by atoms with Crippen LogP contribution in [0, 0.1) is 12.8 Å². The number of hydrogen-bond donors (Lipinski definition) is 2. The molecule has 0 aliphatic carbocycles. The largest absolute Gasteiger partial charge is 0.480 e. The quantitative estimate of drug-likeness (QED) is 0.808. The highest BCUT2D eigenvalue weighted by molar-refractivity contribution is 5.72. The molecule has 0 saturated carbocycles. The fourth-order valence-corrected chi connectivity index (χ4v) is 2.75. The van der Waals surface area contributed by atoms with Crippen LogP contribution in [0.25, 0.3) is 0 Å². The highest BCUT2D eigenvalue weighted by Crippen LogP contribution is 2.18. The zero-order chi connectivity index (χ0) is 16.4. The fourth-order valence-electron chi connectivity index (χ4n) is 2.75. The van der Waals surface area contributed by atoms with Crippen LogP contribution in [0.5, 0.6) is 0 Å². The third-order valence-corrected chi connectivity index (χ3v) is 3.78. The molecule has 0 bridgehead atoms. The molecular weight excluding hydrogens is 290 g/mol. The van der Waals surface area contributed by atoms with Gasteiger partial charge in [-0.05, 0) is 12.8 Å². The minimum absolute atomic E-state index is 0.342. The van der Waals surface area contributed by atoms with Gasteiger partial charge in [-0.25, -0.2) is 14.2 Å². The molecule has 1 unspecified atom stereocenters. The second-order valence-electron chi connectivity index (χ2n) is 5.71. The number of carbonyl (C=O) groups is 1. The smallest absolute Gasteiger partial charge is 0.329 e. The molecule has 122 valence electrons. The van der Waals surface area contributed by atoms with E-state index in [1.54, 1.807) is 20.8 Å². The van der Waals surface area contributed by atoms with E-state index in [4.69, 9.17) is 4.74 Å². The lowest BCUT2D eigenvalue weighted by molar-refractivity contribution is -0.142. The molecule has 22 heavy (non-hydrogen) atoms. The molecular formula is C14H21N3O5. The number of aromatic nitrogens is 2. The number of aromatic amines is 1. The summed E-state index contributed by atoms with van der Waals surface area (Å²) in [5, 5.41) is 9.37. The summed E-state index contributed by atoms with van der Waals surface area (Å²) >= 11 is 0. The SMILES string of the molecule is Cc1[nH]c(=O)n(C(C(=O)O)C(C)C)c(=O)c1N1CCOCC1. The Labute approximate surface area is 127 Å². The van der Waals surface area contributed by atoms with Crippen molar-refractivity contribution in [2.24, 2.45) is 5.92 Å². The summed E-state index contributed by atoms with van der Waals surface area (Å²) in [6, 6.07) is -1.20. The van der Waals surface area contributed by atoms with Gasteiger partial charge in [0.25, 0.3) is 5.56 Å². The summed E-state index contributed by atoms with van der Waals surface area (Å²) in [6.45, 7) is 7.01. The van der Waals surface area contributed by atoms with Crippen molar-refractivity contribution in [2.45, 2.75) is 26.8 Å². The number of H-pyrrole nitrogens is 1. The summed E-state index contributed by atoms with van der Waals surface area (Å²) in [7, 11) is 0. The number of hydrogen-bond acceptors (Lipinski definition) is 5. The maximum Gasteiger partial charge on any atom is 0.329 e. The Kier molecular flexibility index (Phi) is 4.70. The predicted molar refractivity (Wildman–Crippen MR) is 80.6 cm³/mol. The Balaban J connectivity index is 2.63. The molecule has 0 spiro atoms. The zero-order valence-corrected chi connectivity index (χ0v) is 13.0. The molecule has 8 nitrogen and oxygen atoms in total. The summed E-state index contributed by atoms with van der Waals surface area (Å²) < 4.78 is 6.07. The normalized spacial score (nSPS) is 16.8. The third kappa shape index (κ3) is 2.92. The number of aryl methyl sites for hydroxylation is 1. The minimum atomic E-state index is -1.20. The van der Waals surface area contributed by atoms with Crippen LogP contribution in [0.4, 0.5) is 5.69 Å². The van der Waals surface area contributed by atoms with Crippen molar-refractivity contribution in [1.82, 2.24) is 9.55 Å². The van der Waals surface area contributed by atoms with Crippen LogP contribution < -0.4 is 16.1 Å². The van der Waals surface area contributed by atoms with E-state index in [1.807, 2.05) is 4.90 Å². The van der Waals surface area contributed by atoms with E-state index < -0.39 is 29.2 Å². The van der Waals surface area contributed by atoms with Gasteiger partial charge in [0.05, 0.1) is 13.2 Å². The average molecular weight is 311 g/mol. The summed E-state index contributed by atoms with van der Waals surface area (Å²) in [6.07, 6.45) is 0. The Morgan fingerprint density at radius 3 is 2.36 bits per heavy atom. The topological polar surface area (TPSA) is 105 Å². The molecule has 1 fully saturated rings. The van der Waals surface area contributed by atoms with Crippen LogP contribution in [0.2, 0.25) is 0 Å². The number of anilines is 1. The Hall–Kier alpha value is -2.09. The van der Waals surface area contributed by atoms with Gasteiger partial charge in [-0.3, -0.25) is 4.79 Å². The van der Waals surface area contributed by atoms with Crippen molar-refractivity contribution in [3.05, 3.63) is 26.5 Å². The van der Waals surface area contributed by atoms with Crippen LogP contribution in [0.15, 0.2) is 9.59 Å². The van der Waals surface area contributed by atoms with E-state index in [0.29, 0.717) is 37.7 Å². The van der Waals surface area contributed by atoms with Gasteiger partial charge in [0.15, 0.2) is 0 Å². The van der Waals surface area contributed by atoms with Gasteiger partial charge in [0.1, 0.15) is 11.7 Å². The molecule has 2 N–H and O–H groups in total. The van der Waals surface area contributed by atoms with Gasteiger partial charge in [0, 0.05) is 18.8 Å². The van der Waals surface area contributed by atoms with Crippen LogP contribution in [0.1, 0.15) is 25.6 Å². The Morgan fingerprint density at radius 2 is 1.86 bits per heavy atom. The van der Waals surface area contributed by atoms with Gasteiger partial charge >= 0.3 is 11.7 Å². The molecule has 2 rings (SSSR count). The Bertz CT molecular complexity index is 670. The van der Waals surface area contributed by atoms with Gasteiger partial charge in [0.2, 0.25) is 0 Å². The number of rotatable bonds is 4. The lowest BCUT2D eigenvalue weighted by Gasteiger charge is -2.30. The lowest BCUT2D eigenvalue weighted by atomic mass is 10.0. The number of carboxylic acids is 1. The Morgan fingerprint density at radius 1 is 1.27 bits per heavy atom. The number of nitrogens with zero attached hydrogens (tertiary/aromatic N) is 2. The molecule has 0 amide bonds. The first-order chi connectivity index (χ1) is 10.3. The van der Waals surface area contributed by atoms with Gasteiger partial charge < -0.3 is 19.7 Å². The predicted octanol–water partition coefficient (Wildman–Crippen LogP) is -0.0367. The lowest BCUT2D eigenvalue weighted by Crippen LogP contribution is -2.48. The van der Waals surface area contributed by atoms with Crippen molar-refractivity contribution in [2.75, 3.05) is 31.2 Å². The maximum absolute atomic E-state index is 12.8. The van der Waals surface area contributed by atoms with E-state index in [-0.39, 0.29) is 0 Å². The molecule has 1 aromatic rings. The molecule has 1 aromatic heterocycles. The highest BCUT2D eigenvalue weighted by Gasteiger charge is 2.29. The van der Waals surface area contributed by atoms with Crippen molar-refractivity contribution in [1.29, 1.82) is 0 Å². The van der Waals surface area contributed by atoms with Crippen molar-refractivity contribution in [3.63, 3.8) is 0 Å². The van der Waals surface area contributed by atoms with E-state index in [1.165, 1.54) is 0 Å². The van der Waals surface area contributed by atoms with E-state index in [9.17, 15) is 19.5 Å². The number of aliphatic carboxylic acids is 1. The summed E-state index contributed by atoms with van der Waals surface area (Å²) in [4.78, 5) is 40.8. The van der Waals surface area contributed by atoms with Gasteiger partial charge in [-0.15, -0.1) is 0 Å². The zero-order valence-electron chi connectivity index (χ0n) is 13.0. The second kappa shape index (κ2) is 6.35. The van der Waals surface area contributed by atoms with Crippen molar-refractivity contribution in [3.8, 4) is 0 Å². The number of carboxylic acid groups (broad SMARTS) is 1. The fraction of sp³-hybridized carbons (Fsp3) is 0.643. The third-order valence-electron chi connectivity index (χ3n) is 3.78. The van der Waals surface area contributed by atoms with E-state index in [2.05, 4.69) is 4.98 Å². The molecule has 1 saturated heterocycles. The summed E-state index contributed by atoms with van der Waals surface area (Å²) in [5.41, 5.74) is -0.472. The molecule has 0 aromatic carbocycles. The van der Waals surface area contributed by atoms with Crippen LogP contribution in [-0.4, -0.2) is 46.9 Å². The first-order valence-electron chi connectivity index (χ1n) is 7.25. The van der Waals surface area contributed by atoms with Crippen molar-refractivity contribution >= 4 is 11.7 Å². The highest BCUT2D eigenvalue weighted by atomic mass is 16.5. The monoisotopic (exact) mass is 311 g/mol. The first kappa shape index (κ1) is 16.3. The van der Waals surface area contributed by atoms with Crippen LogP contribution in [0.3, 0.4) is 0 Å². The van der Waals surface area contributed by atoms with E-state index in [0.717, 1.165) is 4.57 Å². The van der Waals surface area contributed by atoms with Crippen molar-refractivity contribution < 1.29 is 14.6 Å². The molecule has 2 heterocycles. The first-order valence-corrected chi connectivity index (χ1v) is 7.25. The molecule has 1 aliphatic rings. The second-order valence-corrected chi connectivity index (χ2v) is 5.71. The van der Waals surface area contributed by atoms with E-state index >= 15 is 0 Å². The molecule has 8 heteroatoms. The number of ether oxygens (including phenoxy) is 1. The molecule has 1 atom stereocenters. The van der Waals surface area contributed by atoms with Gasteiger partial charge in [-0.1, -0.05) is 13.8 Å². The number of nitrogens with one attached hydrogen (secondary N) is 1. The minimum Gasteiger partial charge on any atom is -0.480 e. The molecule has 0 radical (unpaired) electrons. The number of morpholine rings is 1. The summed E-state index contributed by atoms with van der Waals surface area (Å²) in [5.74, 6) is -1.59. The van der Waals surface area contributed by atoms with Crippen LogP contribution in [-0.2, 0) is 9.53 Å². The van der Waals surface area contributed by atoms with Crippen LogP contribution >= 0.6 is 0 Å². The average Bonchev–Trinajstić information content (AvgIpc) is 2.43. The maximum atomic E-state index is 12.8. The molecule has 1 aliphatic heterocycles.